The zero-order valence-corrected chi connectivity index (χ0v) is 11.2. The molecule has 2 N–H and O–H groups in total. The van der Waals surface area contributed by atoms with Crippen LogP contribution in [0.4, 0.5) is 0 Å². The Kier molecular flexibility index (Phi) is 9.03. The highest BCUT2D eigenvalue weighted by atomic mass is 16.5. The van der Waals surface area contributed by atoms with Crippen LogP contribution in [0, 0.1) is 5.41 Å². The van der Waals surface area contributed by atoms with Crippen molar-refractivity contribution >= 4 is 5.97 Å². The molecule has 0 aromatic carbocycles. The van der Waals surface area contributed by atoms with Gasteiger partial charge in [0.15, 0.2) is 0 Å². The third-order valence-electron chi connectivity index (χ3n) is 2.67. The molecule has 0 aliphatic heterocycles. The summed E-state index contributed by atoms with van der Waals surface area (Å²) in [5.74, 6) is -0.223. The minimum Gasteiger partial charge on any atom is -0.466 e. The molecule has 1 atom stereocenters. The van der Waals surface area contributed by atoms with Crippen LogP contribution in [-0.2, 0) is 19.0 Å². The van der Waals surface area contributed by atoms with E-state index < -0.39 is 5.41 Å². The summed E-state index contributed by atoms with van der Waals surface area (Å²) >= 11 is 0. The second-order valence-electron chi connectivity index (χ2n) is 4.19. The molecule has 0 saturated carbocycles. The number of esters is 1. The van der Waals surface area contributed by atoms with Gasteiger partial charge in [-0.05, 0) is 26.7 Å². The predicted octanol–water partition coefficient (Wildman–Crippen LogP) is 0.958. The van der Waals surface area contributed by atoms with E-state index in [-0.39, 0.29) is 5.97 Å². The van der Waals surface area contributed by atoms with Gasteiger partial charge >= 0.3 is 5.97 Å². The van der Waals surface area contributed by atoms with Crippen LogP contribution in [0.25, 0.3) is 0 Å². The molecule has 0 aromatic heterocycles. The minimum absolute atomic E-state index is 0.223. The van der Waals surface area contributed by atoms with Gasteiger partial charge in [-0.3, -0.25) is 4.79 Å². The number of hydrogen-bond acceptors (Lipinski definition) is 5. The zero-order valence-electron chi connectivity index (χ0n) is 11.2. The topological polar surface area (TPSA) is 70.8 Å². The third-order valence-corrected chi connectivity index (χ3v) is 2.67. The van der Waals surface area contributed by atoms with Crippen LogP contribution in [0.3, 0.4) is 0 Å². The van der Waals surface area contributed by atoms with E-state index in [4.69, 9.17) is 19.9 Å². The first-order valence-corrected chi connectivity index (χ1v) is 6.04. The summed E-state index contributed by atoms with van der Waals surface area (Å²) < 4.78 is 15.2. The molecular weight excluding hydrogens is 222 g/mol. The van der Waals surface area contributed by atoms with Crippen molar-refractivity contribution in [3.05, 3.63) is 0 Å². The van der Waals surface area contributed by atoms with Gasteiger partial charge in [0.25, 0.3) is 0 Å². The summed E-state index contributed by atoms with van der Waals surface area (Å²) in [5.41, 5.74) is 5.04. The lowest BCUT2D eigenvalue weighted by Gasteiger charge is -2.25. The van der Waals surface area contributed by atoms with Gasteiger partial charge in [-0.25, -0.2) is 0 Å². The molecule has 17 heavy (non-hydrogen) atoms. The molecule has 0 spiro atoms. The predicted molar refractivity (Wildman–Crippen MR) is 65.7 cm³/mol. The van der Waals surface area contributed by atoms with Crippen molar-refractivity contribution in [3.8, 4) is 0 Å². The van der Waals surface area contributed by atoms with Crippen molar-refractivity contribution in [1.29, 1.82) is 0 Å². The molecule has 0 fully saturated rings. The smallest absolute Gasteiger partial charge is 0.313 e. The molecule has 0 heterocycles. The van der Waals surface area contributed by atoms with Crippen LogP contribution in [0.1, 0.15) is 26.7 Å². The summed E-state index contributed by atoms with van der Waals surface area (Å²) in [7, 11) is 1.63. The number of rotatable bonds is 10. The van der Waals surface area contributed by atoms with E-state index in [0.717, 1.165) is 6.42 Å². The SMILES string of the molecule is CCOC(=O)C(C)(CN)CCCOCCOC. The summed E-state index contributed by atoms with van der Waals surface area (Å²) in [6.07, 6.45) is 1.46. The van der Waals surface area contributed by atoms with Gasteiger partial charge in [0, 0.05) is 20.3 Å². The molecule has 0 amide bonds. The maximum Gasteiger partial charge on any atom is 0.313 e. The summed E-state index contributed by atoms with van der Waals surface area (Å²) in [6, 6.07) is 0. The number of nitrogens with two attached hydrogens (primary N) is 1. The number of methoxy groups -OCH3 is 1. The van der Waals surface area contributed by atoms with E-state index in [9.17, 15) is 4.79 Å². The average Bonchev–Trinajstić information content (AvgIpc) is 2.33. The zero-order chi connectivity index (χ0) is 13.1. The standard InChI is InChI=1S/C12H25NO4/c1-4-17-11(14)12(2,10-13)6-5-7-16-9-8-15-3/h4-10,13H2,1-3H3. The fraction of sp³-hybridized carbons (Fsp3) is 0.917. The molecule has 1 unspecified atom stereocenters. The van der Waals surface area contributed by atoms with Crippen molar-refractivity contribution in [1.82, 2.24) is 0 Å². The molecule has 0 aliphatic carbocycles. The highest BCUT2D eigenvalue weighted by Crippen LogP contribution is 2.23. The molecule has 5 heteroatoms. The van der Waals surface area contributed by atoms with E-state index in [1.807, 2.05) is 6.92 Å². The molecule has 0 radical (unpaired) electrons. The first kappa shape index (κ1) is 16.4. The Morgan fingerprint density at radius 1 is 1.29 bits per heavy atom. The monoisotopic (exact) mass is 247 g/mol. The van der Waals surface area contributed by atoms with Gasteiger partial charge < -0.3 is 19.9 Å². The molecule has 0 aliphatic rings. The van der Waals surface area contributed by atoms with Gasteiger partial charge in [0.05, 0.1) is 25.2 Å². The van der Waals surface area contributed by atoms with Gasteiger partial charge in [0.1, 0.15) is 0 Å². The van der Waals surface area contributed by atoms with E-state index in [1.165, 1.54) is 0 Å². The lowest BCUT2D eigenvalue weighted by Crippen LogP contribution is -2.37. The van der Waals surface area contributed by atoms with Crippen LogP contribution in [0.5, 0.6) is 0 Å². The van der Waals surface area contributed by atoms with Gasteiger partial charge in [-0.15, -0.1) is 0 Å². The Hall–Kier alpha value is -0.650. The molecule has 0 bridgehead atoms. The molecule has 0 rings (SSSR count). The van der Waals surface area contributed by atoms with Crippen molar-refractivity contribution < 1.29 is 19.0 Å². The van der Waals surface area contributed by atoms with Gasteiger partial charge in [-0.1, -0.05) is 0 Å². The maximum atomic E-state index is 11.7. The largest absolute Gasteiger partial charge is 0.466 e. The number of carbonyl (C=O) groups excluding carboxylic acids is 1. The normalized spacial score (nSPS) is 14.4. The Labute approximate surface area is 104 Å². The van der Waals surface area contributed by atoms with Crippen LogP contribution in [-0.4, -0.2) is 46.1 Å². The Bertz CT molecular complexity index is 211. The fourth-order valence-corrected chi connectivity index (χ4v) is 1.40. The molecular formula is C12H25NO4. The molecule has 102 valence electrons. The maximum absolute atomic E-state index is 11.7. The second-order valence-corrected chi connectivity index (χ2v) is 4.19. The van der Waals surface area contributed by atoms with Gasteiger partial charge in [0.2, 0.25) is 0 Å². The van der Waals surface area contributed by atoms with E-state index in [2.05, 4.69) is 0 Å². The first-order valence-electron chi connectivity index (χ1n) is 6.04. The highest BCUT2D eigenvalue weighted by molar-refractivity contribution is 5.76. The summed E-state index contributed by atoms with van der Waals surface area (Å²) in [6.45, 7) is 6.09. The van der Waals surface area contributed by atoms with Crippen molar-refractivity contribution in [3.63, 3.8) is 0 Å². The van der Waals surface area contributed by atoms with Gasteiger partial charge in [-0.2, -0.15) is 0 Å². The number of carbonyl (C=O) groups is 1. The average molecular weight is 247 g/mol. The van der Waals surface area contributed by atoms with Crippen LogP contribution < -0.4 is 5.73 Å². The Morgan fingerprint density at radius 2 is 2.00 bits per heavy atom. The van der Waals surface area contributed by atoms with Crippen LogP contribution in [0.2, 0.25) is 0 Å². The summed E-state index contributed by atoms with van der Waals surface area (Å²) in [4.78, 5) is 11.7. The van der Waals surface area contributed by atoms with E-state index in [0.29, 0.717) is 39.4 Å². The Balaban J connectivity index is 3.83. The number of hydrogen-bond donors (Lipinski definition) is 1. The fourth-order valence-electron chi connectivity index (χ4n) is 1.40. The van der Waals surface area contributed by atoms with Crippen molar-refractivity contribution in [2.45, 2.75) is 26.7 Å². The van der Waals surface area contributed by atoms with Crippen LogP contribution >= 0.6 is 0 Å². The quantitative estimate of drug-likeness (QED) is 0.460. The lowest BCUT2D eigenvalue weighted by molar-refractivity contribution is -0.154. The highest BCUT2D eigenvalue weighted by Gasteiger charge is 2.32. The lowest BCUT2D eigenvalue weighted by atomic mass is 9.86. The second kappa shape index (κ2) is 9.39. The minimum atomic E-state index is -0.597. The molecule has 0 aromatic rings. The van der Waals surface area contributed by atoms with Crippen LogP contribution in [0.15, 0.2) is 0 Å². The van der Waals surface area contributed by atoms with Crippen molar-refractivity contribution in [2.24, 2.45) is 11.1 Å². The third kappa shape index (κ3) is 6.61. The van der Waals surface area contributed by atoms with E-state index >= 15 is 0 Å². The summed E-state index contributed by atoms with van der Waals surface area (Å²) in [5, 5.41) is 0. The van der Waals surface area contributed by atoms with E-state index in [1.54, 1.807) is 14.0 Å². The molecule has 5 nitrogen and oxygen atoms in total. The molecule has 0 saturated heterocycles. The number of ether oxygens (including phenoxy) is 3. The Morgan fingerprint density at radius 3 is 2.53 bits per heavy atom. The van der Waals surface area contributed by atoms with Crippen molar-refractivity contribution in [2.75, 3.05) is 40.1 Å². The first-order chi connectivity index (χ1) is 8.10.